The van der Waals surface area contributed by atoms with Gasteiger partial charge in [0.05, 0.1) is 24.4 Å². The highest BCUT2D eigenvalue weighted by molar-refractivity contribution is 5.10. The van der Waals surface area contributed by atoms with Gasteiger partial charge in [-0.1, -0.05) is 13.8 Å². The quantitative estimate of drug-likeness (QED) is 0.590. The fourth-order valence-corrected chi connectivity index (χ4v) is 3.90. The zero-order valence-electron chi connectivity index (χ0n) is 9.49. The molecule has 3 heterocycles. The Morgan fingerprint density at radius 1 is 1.07 bits per heavy atom. The Morgan fingerprint density at radius 3 is 2.43 bits per heavy atom. The van der Waals surface area contributed by atoms with Crippen molar-refractivity contribution in [1.29, 1.82) is 0 Å². The molecule has 3 aliphatic rings. The van der Waals surface area contributed by atoms with Gasteiger partial charge in [-0.05, 0) is 25.7 Å². The number of hydrogen-bond donors (Lipinski definition) is 0. The normalized spacial score (nSPS) is 59.1. The second-order valence-electron chi connectivity index (χ2n) is 5.89. The lowest BCUT2D eigenvalue weighted by molar-refractivity contribution is -0.0426. The lowest BCUT2D eigenvalue weighted by atomic mass is 9.66. The molecular weight excluding hydrogens is 176 g/mol. The molecule has 0 saturated carbocycles. The van der Waals surface area contributed by atoms with Gasteiger partial charge in [0.25, 0.3) is 0 Å². The summed E-state index contributed by atoms with van der Waals surface area (Å²) < 4.78 is 12.0. The molecule has 0 spiro atoms. The molecular formula is C12H20O2. The third-order valence-electron chi connectivity index (χ3n) is 4.87. The third kappa shape index (κ3) is 0.892. The van der Waals surface area contributed by atoms with Gasteiger partial charge >= 0.3 is 0 Å². The highest BCUT2D eigenvalue weighted by Crippen LogP contribution is 2.57. The van der Waals surface area contributed by atoms with Crippen LogP contribution < -0.4 is 0 Å². The summed E-state index contributed by atoms with van der Waals surface area (Å²) >= 11 is 0. The van der Waals surface area contributed by atoms with Crippen molar-refractivity contribution in [3.05, 3.63) is 0 Å². The first-order chi connectivity index (χ1) is 6.52. The van der Waals surface area contributed by atoms with Crippen molar-refractivity contribution in [2.75, 3.05) is 6.61 Å². The molecule has 0 aromatic heterocycles. The van der Waals surface area contributed by atoms with Gasteiger partial charge in [-0.2, -0.15) is 0 Å². The molecule has 0 radical (unpaired) electrons. The largest absolute Gasteiger partial charge is 0.375 e. The van der Waals surface area contributed by atoms with Crippen molar-refractivity contribution >= 4 is 0 Å². The highest BCUT2D eigenvalue weighted by Gasteiger charge is 2.63. The molecule has 3 fully saturated rings. The molecule has 6 unspecified atom stereocenters. The molecule has 80 valence electrons. The average molecular weight is 196 g/mol. The summed E-state index contributed by atoms with van der Waals surface area (Å²) in [6.45, 7) is 10.0. The second-order valence-corrected chi connectivity index (χ2v) is 5.89. The lowest BCUT2D eigenvalue weighted by Gasteiger charge is -2.35. The van der Waals surface area contributed by atoms with E-state index in [0.29, 0.717) is 30.0 Å². The Balaban J connectivity index is 1.95. The fourth-order valence-electron chi connectivity index (χ4n) is 3.90. The number of fused-ring (bicyclic) bond motifs is 5. The van der Waals surface area contributed by atoms with Crippen LogP contribution in [0.4, 0.5) is 0 Å². The summed E-state index contributed by atoms with van der Waals surface area (Å²) in [4.78, 5) is 0. The number of rotatable bonds is 0. The molecule has 6 atom stereocenters. The van der Waals surface area contributed by atoms with Crippen molar-refractivity contribution in [3.63, 3.8) is 0 Å². The summed E-state index contributed by atoms with van der Waals surface area (Å²) in [5.74, 6) is 2.74. The molecule has 14 heavy (non-hydrogen) atoms. The number of hydrogen-bond acceptors (Lipinski definition) is 2. The summed E-state index contributed by atoms with van der Waals surface area (Å²) in [5.41, 5.74) is 0.0402. The Bertz CT molecular complexity index is 261. The molecule has 0 aromatic carbocycles. The van der Waals surface area contributed by atoms with Gasteiger partial charge in [0.15, 0.2) is 0 Å². The molecule has 2 nitrogen and oxygen atoms in total. The highest BCUT2D eigenvalue weighted by atomic mass is 16.5. The molecule has 3 aliphatic heterocycles. The van der Waals surface area contributed by atoms with Crippen molar-refractivity contribution in [3.8, 4) is 0 Å². The standard InChI is InChI=1S/C12H20O2/c1-6-7(2)11-9-8(10(6)14-11)5-13-12(9,3)4/h6-11H,5H2,1-4H3. The Labute approximate surface area is 86.0 Å². The summed E-state index contributed by atoms with van der Waals surface area (Å²) in [5, 5.41) is 0. The van der Waals surface area contributed by atoms with E-state index in [4.69, 9.17) is 9.47 Å². The van der Waals surface area contributed by atoms with E-state index in [9.17, 15) is 0 Å². The maximum Gasteiger partial charge on any atom is 0.0684 e. The monoisotopic (exact) mass is 196 g/mol. The summed E-state index contributed by atoms with van der Waals surface area (Å²) in [6, 6.07) is 0. The van der Waals surface area contributed by atoms with Crippen LogP contribution in [-0.2, 0) is 9.47 Å². The van der Waals surface area contributed by atoms with Gasteiger partial charge in [0.1, 0.15) is 0 Å². The van der Waals surface area contributed by atoms with E-state index in [1.807, 2.05) is 0 Å². The molecule has 2 bridgehead atoms. The van der Waals surface area contributed by atoms with E-state index >= 15 is 0 Å². The van der Waals surface area contributed by atoms with E-state index in [2.05, 4.69) is 27.7 Å². The van der Waals surface area contributed by atoms with E-state index in [1.54, 1.807) is 0 Å². The zero-order chi connectivity index (χ0) is 10.1. The van der Waals surface area contributed by atoms with Crippen molar-refractivity contribution < 1.29 is 9.47 Å². The van der Waals surface area contributed by atoms with Crippen molar-refractivity contribution in [2.45, 2.75) is 45.5 Å². The van der Waals surface area contributed by atoms with Crippen LogP contribution in [-0.4, -0.2) is 24.4 Å². The molecule has 3 saturated heterocycles. The van der Waals surface area contributed by atoms with Gasteiger partial charge in [-0.3, -0.25) is 0 Å². The molecule has 0 aromatic rings. The Kier molecular flexibility index (Phi) is 1.66. The summed E-state index contributed by atoms with van der Waals surface area (Å²) in [7, 11) is 0. The first-order valence-electron chi connectivity index (χ1n) is 5.82. The minimum atomic E-state index is 0.0402. The SMILES string of the molecule is CC1C(C)C2OC1C1COC(C)(C)C12. The van der Waals surface area contributed by atoms with Gasteiger partial charge in [0.2, 0.25) is 0 Å². The maximum atomic E-state index is 6.12. The van der Waals surface area contributed by atoms with E-state index in [1.165, 1.54) is 0 Å². The van der Waals surface area contributed by atoms with Crippen LogP contribution in [0.2, 0.25) is 0 Å². The third-order valence-corrected chi connectivity index (χ3v) is 4.87. The molecule has 0 N–H and O–H groups in total. The van der Waals surface area contributed by atoms with E-state index in [0.717, 1.165) is 12.5 Å². The van der Waals surface area contributed by atoms with Crippen LogP contribution in [0.15, 0.2) is 0 Å². The van der Waals surface area contributed by atoms with Crippen LogP contribution in [0.3, 0.4) is 0 Å². The van der Waals surface area contributed by atoms with Crippen LogP contribution in [0.1, 0.15) is 27.7 Å². The summed E-state index contributed by atoms with van der Waals surface area (Å²) in [6.07, 6.45) is 0.930. The topological polar surface area (TPSA) is 18.5 Å². The minimum Gasteiger partial charge on any atom is -0.375 e. The smallest absolute Gasteiger partial charge is 0.0684 e. The zero-order valence-corrected chi connectivity index (χ0v) is 9.49. The average Bonchev–Trinajstić information content (AvgIpc) is 2.69. The second kappa shape index (κ2) is 2.53. The maximum absolute atomic E-state index is 6.12. The van der Waals surface area contributed by atoms with Gasteiger partial charge in [0, 0.05) is 11.8 Å². The number of ether oxygens (including phenoxy) is 2. The lowest BCUT2D eigenvalue weighted by Crippen LogP contribution is -2.43. The molecule has 0 amide bonds. The predicted molar refractivity (Wildman–Crippen MR) is 54.0 cm³/mol. The van der Waals surface area contributed by atoms with Crippen LogP contribution >= 0.6 is 0 Å². The van der Waals surface area contributed by atoms with Crippen LogP contribution in [0.25, 0.3) is 0 Å². The Morgan fingerprint density at radius 2 is 1.71 bits per heavy atom. The first kappa shape index (κ1) is 9.17. The fraction of sp³-hybridized carbons (Fsp3) is 1.00. The van der Waals surface area contributed by atoms with Gasteiger partial charge in [-0.25, -0.2) is 0 Å². The van der Waals surface area contributed by atoms with E-state index in [-0.39, 0.29) is 5.60 Å². The molecule has 3 rings (SSSR count). The minimum absolute atomic E-state index is 0.0402. The van der Waals surface area contributed by atoms with E-state index < -0.39 is 0 Å². The van der Waals surface area contributed by atoms with Crippen LogP contribution in [0, 0.1) is 23.7 Å². The predicted octanol–water partition coefficient (Wildman–Crippen LogP) is 2.08. The van der Waals surface area contributed by atoms with Crippen LogP contribution in [0.5, 0.6) is 0 Å². The Hall–Kier alpha value is -0.0800. The van der Waals surface area contributed by atoms with Crippen molar-refractivity contribution in [2.24, 2.45) is 23.7 Å². The van der Waals surface area contributed by atoms with Gasteiger partial charge < -0.3 is 9.47 Å². The van der Waals surface area contributed by atoms with Gasteiger partial charge in [-0.15, -0.1) is 0 Å². The molecule has 2 heteroatoms. The first-order valence-corrected chi connectivity index (χ1v) is 5.82. The van der Waals surface area contributed by atoms with Crippen molar-refractivity contribution in [1.82, 2.24) is 0 Å². The molecule has 0 aliphatic carbocycles.